The van der Waals surface area contributed by atoms with E-state index in [0.29, 0.717) is 0 Å². The molecular formula is C13H17N5. The van der Waals surface area contributed by atoms with Crippen LogP contribution >= 0.6 is 0 Å². The SMILES string of the molecule is Cc1ncc2c(n1)CCN(Cc1cn(C)cn1)C2. The second kappa shape index (κ2) is 4.49. The quantitative estimate of drug-likeness (QED) is 0.792. The molecule has 94 valence electrons. The van der Waals surface area contributed by atoms with Crippen LogP contribution in [0, 0.1) is 6.92 Å². The van der Waals surface area contributed by atoms with Crippen LogP contribution < -0.4 is 0 Å². The highest BCUT2D eigenvalue weighted by molar-refractivity contribution is 5.20. The first kappa shape index (κ1) is 11.3. The van der Waals surface area contributed by atoms with Crippen molar-refractivity contribution < 1.29 is 0 Å². The van der Waals surface area contributed by atoms with Gasteiger partial charge in [-0.15, -0.1) is 0 Å². The summed E-state index contributed by atoms with van der Waals surface area (Å²) in [5.74, 6) is 0.868. The van der Waals surface area contributed by atoms with E-state index in [1.54, 1.807) is 0 Å². The molecule has 0 saturated heterocycles. The number of hydrogen-bond acceptors (Lipinski definition) is 4. The molecule has 0 unspecified atom stereocenters. The van der Waals surface area contributed by atoms with E-state index in [9.17, 15) is 0 Å². The fourth-order valence-electron chi connectivity index (χ4n) is 2.39. The fraction of sp³-hybridized carbons (Fsp3) is 0.462. The van der Waals surface area contributed by atoms with Crippen molar-refractivity contribution in [1.82, 2.24) is 24.4 Å². The number of aryl methyl sites for hydroxylation is 2. The van der Waals surface area contributed by atoms with Crippen molar-refractivity contribution in [3.8, 4) is 0 Å². The minimum Gasteiger partial charge on any atom is -0.340 e. The third kappa shape index (κ3) is 2.26. The molecule has 0 aliphatic carbocycles. The molecule has 0 spiro atoms. The van der Waals surface area contributed by atoms with E-state index < -0.39 is 0 Å². The van der Waals surface area contributed by atoms with Crippen LogP contribution in [0.1, 0.15) is 22.8 Å². The topological polar surface area (TPSA) is 46.8 Å². The Morgan fingerprint density at radius 3 is 3.00 bits per heavy atom. The first-order chi connectivity index (χ1) is 8.70. The Labute approximate surface area is 107 Å². The summed E-state index contributed by atoms with van der Waals surface area (Å²) in [5.41, 5.74) is 3.58. The van der Waals surface area contributed by atoms with Crippen LogP contribution in [-0.4, -0.2) is 31.0 Å². The molecule has 5 heteroatoms. The molecule has 0 saturated carbocycles. The van der Waals surface area contributed by atoms with Gasteiger partial charge in [0.25, 0.3) is 0 Å². The molecule has 2 aromatic rings. The normalized spacial score (nSPS) is 15.7. The van der Waals surface area contributed by atoms with Crippen molar-refractivity contribution in [2.45, 2.75) is 26.4 Å². The van der Waals surface area contributed by atoms with Gasteiger partial charge in [-0.2, -0.15) is 0 Å². The van der Waals surface area contributed by atoms with Gasteiger partial charge in [0, 0.05) is 56.8 Å². The van der Waals surface area contributed by atoms with E-state index in [1.807, 2.05) is 31.1 Å². The zero-order chi connectivity index (χ0) is 12.5. The predicted octanol–water partition coefficient (Wildman–Crippen LogP) is 1.08. The highest BCUT2D eigenvalue weighted by Crippen LogP contribution is 2.17. The molecule has 0 fully saturated rings. The predicted molar refractivity (Wildman–Crippen MR) is 67.8 cm³/mol. The molecule has 0 radical (unpaired) electrons. The minimum atomic E-state index is 0.868. The lowest BCUT2D eigenvalue weighted by molar-refractivity contribution is 0.240. The summed E-state index contributed by atoms with van der Waals surface area (Å²) >= 11 is 0. The van der Waals surface area contributed by atoms with Crippen LogP contribution in [0.25, 0.3) is 0 Å². The molecule has 1 aliphatic rings. The number of hydrogen-bond donors (Lipinski definition) is 0. The maximum atomic E-state index is 4.50. The van der Waals surface area contributed by atoms with E-state index in [2.05, 4.69) is 26.0 Å². The van der Waals surface area contributed by atoms with E-state index in [-0.39, 0.29) is 0 Å². The first-order valence-electron chi connectivity index (χ1n) is 6.21. The summed E-state index contributed by atoms with van der Waals surface area (Å²) in [4.78, 5) is 15.5. The molecule has 18 heavy (non-hydrogen) atoms. The molecule has 1 aliphatic heterocycles. The number of nitrogens with zero attached hydrogens (tertiary/aromatic N) is 5. The maximum absolute atomic E-state index is 4.50. The standard InChI is InChI=1S/C13H17N5/c1-10-14-5-11-6-18(4-3-13(11)16-10)8-12-7-17(2)9-15-12/h5,7,9H,3-4,6,8H2,1-2H3. The maximum Gasteiger partial charge on any atom is 0.125 e. The van der Waals surface area contributed by atoms with E-state index in [0.717, 1.165) is 37.6 Å². The smallest absolute Gasteiger partial charge is 0.125 e. The van der Waals surface area contributed by atoms with Gasteiger partial charge in [0.2, 0.25) is 0 Å². The van der Waals surface area contributed by atoms with Gasteiger partial charge >= 0.3 is 0 Å². The molecule has 3 heterocycles. The third-order valence-corrected chi connectivity index (χ3v) is 3.28. The molecule has 0 atom stereocenters. The monoisotopic (exact) mass is 243 g/mol. The van der Waals surface area contributed by atoms with Crippen LogP contribution in [0.3, 0.4) is 0 Å². The molecule has 0 amide bonds. The minimum absolute atomic E-state index is 0.868. The van der Waals surface area contributed by atoms with Gasteiger partial charge in [-0.25, -0.2) is 15.0 Å². The Balaban J connectivity index is 1.73. The lowest BCUT2D eigenvalue weighted by Gasteiger charge is -2.27. The zero-order valence-electron chi connectivity index (χ0n) is 10.8. The Morgan fingerprint density at radius 2 is 2.22 bits per heavy atom. The van der Waals surface area contributed by atoms with E-state index in [1.165, 1.54) is 11.3 Å². The van der Waals surface area contributed by atoms with Gasteiger partial charge in [0.05, 0.1) is 12.0 Å². The van der Waals surface area contributed by atoms with Crippen LogP contribution in [0.5, 0.6) is 0 Å². The van der Waals surface area contributed by atoms with Crippen molar-refractivity contribution in [3.05, 3.63) is 41.5 Å². The van der Waals surface area contributed by atoms with Gasteiger partial charge < -0.3 is 4.57 Å². The van der Waals surface area contributed by atoms with Crippen LogP contribution in [0.4, 0.5) is 0 Å². The zero-order valence-corrected chi connectivity index (χ0v) is 10.8. The number of fused-ring (bicyclic) bond motifs is 1. The average Bonchev–Trinajstić information content (AvgIpc) is 2.75. The third-order valence-electron chi connectivity index (χ3n) is 3.28. The lowest BCUT2D eigenvalue weighted by Crippen LogP contribution is -2.31. The van der Waals surface area contributed by atoms with Crippen molar-refractivity contribution in [1.29, 1.82) is 0 Å². The summed E-state index contributed by atoms with van der Waals surface area (Å²) in [6.45, 7) is 4.81. The van der Waals surface area contributed by atoms with Gasteiger partial charge in [-0.1, -0.05) is 0 Å². The molecule has 0 N–H and O–H groups in total. The molecule has 2 aromatic heterocycles. The summed E-state index contributed by atoms with van der Waals surface area (Å²) in [6.07, 6.45) is 6.88. The van der Waals surface area contributed by atoms with Gasteiger partial charge in [0.1, 0.15) is 5.82 Å². The van der Waals surface area contributed by atoms with E-state index >= 15 is 0 Å². The second-order valence-corrected chi connectivity index (χ2v) is 4.88. The summed E-state index contributed by atoms with van der Waals surface area (Å²) in [6, 6.07) is 0. The lowest BCUT2D eigenvalue weighted by atomic mass is 10.1. The summed E-state index contributed by atoms with van der Waals surface area (Å²) < 4.78 is 1.99. The van der Waals surface area contributed by atoms with Gasteiger partial charge in [0.15, 0.2) is 0 Å². The number of aromatic nitrogens is 4. The summed E-state index contributed by atoms with van der Waals surface area (Å²) in [7, 11) is 2.00. The van der Waals surface area contributed by atoms with Crippen molar-refractivity contribution in [2.75, 3.05) is 6.54 Å². The van der Waals surface area contributed by atoms with Gasteiger partial charge in [-0.3, -0.25) is 4.90 Å². The Kier molecular flexibility index (Phi) is 2.83. The number of rotatable bonds is 2. The number of imidazole rings is 1. The van der Waals surface area contributed by atoms with Crippen LogP contribution in [-0.2, 0) is 26.6 Å². The molecule has 5 nitrogen and oxygen atoms in total. The van der Waals surface area contributed by atoms with Crippen LogP contribution in [0.15, 0.2) is 18.7 Å². The Hall–Kier alpha value is -1.75. The van der Waals surface area contributed by atoms with E-state index in [4.69, 9.17) is 0 Å². The van der Waals surface area contributed by atoms with Crippen molar-refractivity contribution in [2.24, 2.45) is 7.05 Å². The molecular weight excluding hydrogens is 226 g/mol. The molecule has 0 aromatic carbocycles. The average molecular weight is 243 g/mol. The van der Waals surface area contributed by atoms with Gasteiger partial charge in [-0.05, 0) is 6.92 Å². The molecule has 0 bridgehead atoms. The largest absolute Gasteiger partial charge is 0.340 e. The fourth-order valence-corrected chi connectivity index (χ4v) is 2.39. The van der Waals surface area contributed by atoms with Crippen molar-refractivity contribution in [3.63, 3.8) is 0 Å². The van der Waals surface area contributed by atoms with Crippen LogP contribution in [0.2, 0.25) is 0 Å². The van der Waals surface area contributed by atoms with Crippen molar-refractivity contribution >= 4 is 0 Å². The first-order valence-corrected chi connectivity index (χ1v) is 6.21. The highest BCUT2D eigenvalue weighted by atomic mass is 15.2. The highest BCUT2D eigenvalue weighted by Gasteiger charge is 2.18. The summed E-state index contributed by atoms with van der Waals surface area (Å²) in [5, 5.41) is 0. The molecule has 3 rings (SSSR count). The Morgan fingerprint density at radius 1 is 1.33 bits per heavy atom. The Bertz CT molecular complexity index is 560. The second-order valence-electron chi connectivity index (χ2n) is 4.88.